The summed E-state index contributed by atoms with van der Waals surface area (Å²) < 4.78 is 10.9. The van der Waals surface area contributed by atoms with E-state index in [1.807, 2.05) is 6.92 Å². The molecule has 4 aliphatic rings. The van der Waals surface area contributed by atoms with E-state index in [9.17, 15) is 9.59 Å². The first-order chi connectivity index (χ1) is 13.9. The summed E-state index contributed by atoms with van der Waals surface area (Å²) in [5, 5.41) is 0.301. The molecule has 0 aromatic heterocycles. The van der Waals surface area contributed by atoms with Crippen LogP contribution in [0.1, 0.15) is 62.2 Å². The first-order valence-corrected chi connectivity index (χ1v) is 10.9. The molecule has 2 amide bonds. The van der Waals surface area contributed by atoms with E-state index in [0.29, 0.717) is 46.4 Å². The Balaban J connectivity index is 1.42. The van der Waals surface area contributed by atoms with Crippen molar-refractivity contribution in [2.75, 3.05) is 13.7 Å². The van der Waals surface area contributed by atoms with E-state index >= 15 is 0 Å². The van der Waals surface area contributed by atoms with Crippen LogP contribution in [-0.2, 0) is 4.79 Å². The summed E-state index contributed by atoms with van der Waals surface area (Å²) >= 11 is 6.29. The number of hydrazine groups is 1. The van der Waals surface area contributed by atoms with Gasteiger partial charge in [-0.3, -0.25) is 20.4 Å². The van der Waals surface area contributed by atoms with Crippen molar-refractivity contribution in [2.45, 2.75) is 51.9 Å². The Morgan fingerprint density at radius 1 is 1.10 bits per heavy atom. The number of nitrogens with one attached hydrogen (secondary N) is 2. The molecule has 4 saturated carbocycles. The van der Waals surface area contributed by atoms with Gasteiger partial charge in [0.15, 0.2) is 11.5 Å². The van der Waals surface area contributed by atoms with Crippen LogP contribution < -0.4 is 20.3 Å². The van der Waals surface area contributed by atoms with E-state index in [-0.39, 0.29) is 11.3 Å². The third-order valence-electron chi connectivity index (χ3n) is 6.75. The smallest absolute Gasteiger partial charge is 0.269 e. The molecule has 0 saturated heterocycles. The average molecular weight is 421 g/mol. The Morgan fingerprint density at radius 2 is 1.72 bits per heavy atom. The van der Waals surface area contributed by atoms with Crippen molar-refractivity contribution in [3.63, 3.8) is 0 Å². The van der Waals surface area contributed by atoms with Gasteiger partial charge in [0.2, 0.25) is 5.91 Å². The molecule has 29 heavy (non-hydrogen) atoms. The SMILES string of the molecule is CCCOc1c(Cl)cc(C(=O)NNC(=O)C23CC4CC(CC(C4)C2)C3)cc1OC. The third-order valence-corrected chi connectivity index (χ3v) is 7.03. The van der Waals surface area contributed by atoms with Crippen LogP contribution in [0.5, 0.6) is 11.5 Å². The van der Waals surface area contributed by atoms with Gasteiger partial charge < -0.3 is 9.47 Å². The van der Waals surface area contributed by atoms with Gasteiger partial charge >= 0.3 is 0 Å². The lowest BCUT2D eigenvalue weighted by Crippen LogP contribution is -2.56. The minimum atomic E-state index is -0.426. The van der Waals surface area contributed by atoms with Crippen LogP contribution >= 0.6 is 11.6 Å². The maximum atomic E-state index is 13.0. The molecular formula is C22H29ClN2O4. The minimum absolute atomic E-state index is 0.0501. The molecule has 5 rings (SSSR count). The van der Waals surface area contributed by atoms with Crippen molar-refractivity contribution in [1.82, 2.24) is 10.9 Å². The van der Waals surface area contributed by atoms with Crippen molar-refractivity contribution in [3.8, 4) is 11.5 Å². The second-order valence-electron chi connectivity index (χ2n) is 8.94. The second-order valence-corrected chi connectivity index (χ2v) is 9.35. The highest BCUT2D eigenvalue weighted by Crippen LogP contribution is 2.60. The van der Waals surface area contributed by atoms with E-state index < -0.39 is 5.91 Å². The number of methoxy groups -OCH3 is 1. The number of carbonyl (C=O) groups excluding carboxylic acids is 2. The molecule has 1 aromatic carbocycles. The molecule has 2 N–H and O–H groups in total. The van der Waals surface area contributed by atoms with E-state index in [2.05, 4.69) is 10.9 Å². The van der Waals surface area contributed by atoms with Gasteiger partial charge in [-0.05, 0) is 74.8 Å². The fraction of sp³-hybridized carbons (Fsp3) is 0.636. The molecule has 4 aliphatic carbocycles. The van der Waals surface area contributed by atoms with Gasteiger partial charge in [0.05, 0.1) is 24.2 Å². The van der Waals surface area contributed by atoms with Crippen LogP contribution in [0.4, 0.5) is 0 Å². The van der Waals surface area contributed by atoms with Gasteiger partial charge in [-0.25, -0.2) is 0 Å². The number of carbonyl (C=O) groups is 2. The zero-order chi connectivity index (χ0) is 20.6. The Labute approximate surface area is 176 Å². The molecule has 4 bridgehead atoms. The van der Waals surface area contributed by atoms with Gasteiger partial charge in [-0.1, -0.05) is 18.5 Å². The molecule has 0 spiro atoms. The molecule has 0 radical (unpaired) electrons. The first-order valence-electron chi connectivity index (χ1n) is 10.5. The van der Waals surface area contributed by atoms with Crippen LogP contribution in [0, 0.1) is 23.2 Å². The zero-order valence-corrected chi connectivity index (χ0v) is 17.8. The van der Waals surface area contributed by atoms with Crippen molar-refractivity contribution in [2.24, 2.45) is 23.2 Å². The lowest BCUT2D eigenvalue weighted by Gasteiger charge is -2.55. The highest BCUT2D eigenvalue weighted by molar-refractivity contribution is 6.32. The topological polar surface area (TPSA) is 76.7 Å². The maximum absolute atomic E-state index is 13.0. The zero-order valence-electron chi connectivity index (χ0n) is 17.1. The highest BCUT2D eigenvalue weighted by atomic mass is 35.5. The van der Waals surface area contributed by atoms with Crippen molar-refractivity contribution >= 4 is 23.4 Å². The third kappa shape index (κ3) is 3.91. The Kier molecular flexibility index (Phi) is 5.65. The number of amides is 2. The lowest BCUT2D eigenvalue weighted by molar-refractivity contribution is -0.147. The molecule has 0 aliphatic heterocycles. The molecule has 6 nitrogen and oxygen atoms in total. The van der Waals surface area contributed by atoms with Gasteiger partial charge in [0.25, 0.3) is 5.91 Å². The monoisotopic (exact) mass is 420 g/mol. The highest BCUT2D eigenvalue weighted by Gasteiger charge is 2.54. The summed E-state index contributed by atoms with van der Waals surface area (Å²) in [6, 6.07) is 3.10. The van der Waals surface area contributed by atoms with Crippen LogP contribution in [-0.4, -0.2) is 25.5 Å². The van der Waals surface area contributed by atoms with Crippen molar-refractivity contribution < 1.29 is 19.1 Å². The second kappa shape index (κ2) is 8.05. The largest absolute Gasteiger partial charge is 0.493 e. The molecule has 0 unspecified atom stereocenters. The minimum Gasteiger partial charge on any atom is -0.493 e. The predicted octanol–water partition coefficient (Wildman–Crippen LogP) is 4.11. The number of hydrogen-bond acceptors (Lipinski definition) is 4. The fourth-order valence-electron chi connectivity index (χ4n) is 5.90. The normalized spacial score (nSPS) is 29.4. The van der Waals surface area contributed by atoms with E-state index in [1.165, 1.54) is 32.4 Å². The van der Waals surface area contributed by atoms with E-state index in [4.69, 9.17) is 21.1 Å². The van der Waals surface area contributed by atoms with Gasteiger partial charge in [-0.2, -0.15) is 0 Å². The summed E-state index contributed by atoms with van der Waals surface area (Å²) in [5.74, 6) is 2.34. The first kappa shape index (κ1) is 20.3. The van der Waals surface area contributed by atoms with Crippen molar-refractivity contribution in [1.29, 1.82) is 0 Å². The summed E-state index contributed by atoms with van der Waals surface area (Å²) in [6.07, 6.45) is 7.48. The molecular weight excluding hydrogens is 392 g/mol. The fourth-order valence-corrected chi connectivity index (χ4v) is 6.17. The van der Waals surface area contributed by atoms with E-state index in [0.717, 1.165) is 25.7 Å². The number of halogens is 1. The van der Waals surface area contributed by atoms with Gasteiger partial charge in [0.1, 0.15) is 0 Å². The van der Waals surface area contributed by atoms with Crippen LogP contribution in [0.3, 0.4) is 0 Å². The van der Waals surface area contributed by atoms with Crippen molar-refractivity contribution in [3.05, 3.63) is 22.7 Å². The number of ether oxygens (including phenoxy) is 2. The number of benzene rings is 1. The summed E-state index contributed by atoms with van der Waals surface area (Å²) in [4.78, 5) is 25.6. The summed E-state index contributed by atoms with van der Waals surface area (Å²) in [6.45, 7) is 2.50. The number of hydrogen-bond donors (Lipinski definition) is 2. The molecule has 4 fully saturated rings. The van der Waals surface area contributed by atoms with Crippen LogP contribution in [0.15, 0.2) is 12.1 Å². The summed E-state index contributed by atoms with van der Waals surface area (Å²) in [5.41, 5.74) is 5.26. The Morgan fingerprint density at radius 3 is 2.28 bits per heavy atom. The quantitative estimate of drug-likeness (QED) is 0.679. The Hall–Kier alpha value is -1.95. The standard InChI is InChI=1S/C22H29ClN2O4/c1-3-4-29-19-17(23)8-16(9-18(19)28-2)20(26)24-25-21(27)22-10-13-5-14(11-22)7-15(6-13)12-22/h8-9,13-15H,3-7,10-12H2,1-2H3,(H,24,26)(H,25,27). The lowest BCUT2D eigenvalue weighted by atomic mass is 9.49. The molecule has 7 heteroatoms. The average Bonchev–Trinajstić information content (AvgIpc) is 2.69. The maximum Gasteiger partial charge on any atom is 0.269 e. The molecule has 1 aromatic rings. The number of rotatable bonds is 6. The van der Waals surface area contributed by atoms with Gasteiger partial charge in [-0.15, -0.1) is 0 Å². The Bertz CT molecular complexity index is 775. The van der Waals surface area contributed by atoms with E-state index in [1.54, 1.807) is 6.07 Å². The molecule has 158 valence electrons. The molecule has 0 atom stereocenters. The predicted molar refractivity (Wildman–Crippen MR) is 110 cm³/mol. The van der Waals surface area contributed by atoms with Gasteiger partial charge in [0, 0.05) is 5.56 Å². The van der Waals surface area contributed by atoms with Crippen LogP contribution in [0.25, 0.3) is 0 Å². The summed E-state index contributed by atoms with van der Waals surface area (Å²) in [7, 11) is 1.50. The molecule has 0 heterocycles. The van der Waals surface area contributed by atoms with Crippen LogP contribution in [0.2, 0.25) is 5.02 Å².